The van der Waals surface area contributed by atoms with Gasteiger partial charge in [0.05, 0.1) is 12.2 Å². The van der Waals surface area contributed by atoms with Crippen LogP contribution >= 0.6 is 0 Å². The van der Waals surface area contributed by atoms with Gasteiger partial charge >= 0.3 is 0 Å². The van der Waals surface area contributed by atoms with Crippen molar-refractivity contribution in [1.82, 2.24) is 4.90 Å². The summed E-state index contributed by atoms with van der Waals surface area (Å²) in [4.78, 5) is 2.64. The minimum absolute atomic E-state index is 0.130. The quantitative estimate of drug-likeness (QED) is 0.303. The highest BCUT2D eigenvalue weighted by Gasteiger charge is 2.43. The largest absolute Gasteiger partial charge is 0.392 e. The highest BCUT2D eigenvalue weighted by molar-refractivity contribution is 5.21. The molecule has 1 aliphatic heterocycles. The van der Waals surface area contributed by atoms with Gasteiger partial charge in [0.1, 0.15) is 0 Å². The third-order valence-electron chi connectivity index (χ3n) is 7.59. The van der Waals surface area contributed by atoms with Gasteiger partial charge in [-0.25, -0.2) is 0 Å². The lowest BCUT2D eigenvalue weighted by Gasteiger charge is -2.26. The van der Waals surface area contributed by atoms with E-state index in [1.54, 1.807) is 5.57 Å². The minimum Gasteiger partial charge on any atom is -0.392 e. The first kappa shape index (κ1) is 23.6. The number of aliphatic hydroxyl groups is 2. The lowest BCUT2D eigenvalue weighted by molar-refractivity contribution is 0.137. The Morgan fingerprint density at radius 1 is 1.20 bits per heavy atom. The van der Waals surface area contributed by atoms with Gasteiger partial charge in [0.2, 0.25) is 0 Å². The molecule has 0 bridgehead atoms. The second-order valence-corrected chi connectivity index (χ2v) is 9.93. The van der Waals surface area contributed by atoms with Crippen LogP contribution in [0.5, 0.6) is 0 Å². The molecule has 0 unspecified atom stereocenters. The van der Waals surface area contributed by atoms with Gasteiger partial charge in [-0.15, -0.1) is 11.8 Å². The maximum atomic E-state index is 10.6. The van der Waals surface area contributed by atoms with Crippen molar-refractivity contribution < 1.29 is 10.2 Å². The summed E-state index contributed by atoms with van der Waals surface area (Å²) in [6.07, 6.45) is 17.9. The Morgan fingerprint density at radius 2 is 2.00 bits per heavy atom. The van der Waals surface area contributed by atoms with Gasteiger partial charge in [-0.2, -0.15) is 0 Å². The number of nitrogens with zero attached hydrogens (tertiary/aromatic N) is 1. The number of unbranched alkanes of at least 4 members (excludes halogenated alkanes) is 2. The summed E-state index contributed by atoms with van der Waals surface area (Å²) in [5.74, 6) is 7.31. The van der Waals surface area contributed by atoms with Crippen molar-refractivity contribution in [1.29, 1.82) is 0 Å². The van der Waals surface area contributed by atoms with Crippen molar-refractivity contribution >= 4 is 0 Å². The SMILES string of the molecule is CC#CC[C@@H](C)[C@H](O)C=C[C@@H]1[C@H]2CC(CCCCCN3CCCCC3)=C[C@H]2C[C@H]1O. The number of piperidine rings is 1. The highest BCUT2D eigenvalue weighted by atomic mass is 16.3. The van der Waals surface area contributed by atoms with Crippen LogP contribution in [0, 0.1) is 35.5 Å². The Bertz CT molecular complexity index is 637. The Hall–Kier alpha value is -1.08. The van der Waals surface area contributed by atoms with Gasteiger partial charge in [0.25, 0.3) is 0 Å². The maximum Gasteiger partial charge on any atom is 0.0755 e. The molecular formula is C27H43NO2. The topological polar surface area (TPSA) is 43.7 Å². The lowest BCUT2D eigenvalue weighted by atomic mass is 9.88. The van der Waals surface area contributed by atoms with Gasteiger partial charge in [0, 0.05) is 12.3 Å². The summed E-state index contributed by atoms with van der Waals surface area (Å²) in [5, 5.41) is 20.9. The molecule has 0 aromatic rings. The van der Waals surface area contributed by atoms with E-state index >= 15 is 0 Å². The molecule has 0 radical (unpaired) electrons. The Labute approximate surface area is 184 Å². The molecule has 6 atom stereocenters. The molecule has 1 heterocycles. The van der Waals surface area contributed by atoms with Crippen LogP contribution in [0.2, 0.25) is 0 Å². The first-order valence-electron chi connectivity index (χ1n) is 12.4. The van der Waals surface area contributed by atoms with Crippen LogP contribution < -0.4 is 0 Å². The van der Waals surface area contributed by atoms with Gasteiger partial charge < -0.3 is 15.1 Å². The molecule has 0 aromatic carbocycles. The van der Waals surface area contributed by atoms with E-state index in [0.717, 1.165) is 12.8 Å². The number of likely N-dealkylation sites (tertiary alicyclic amines) is 1. The first-order valence-corrected chi connectivity index (χ1v) is 12.4. The van der Waals surface area contributed by atoms with Crippen LogP contribution in [0.25, 0.3) is 0 Å². The number of hydrogen-bond acceptors (Lipinski definition) is 3. The molecular weight excluding hydrogens is 370 g/mol. The standard InChI is InChI=1S/C27H43NO2/c1-3-4-11-21(2)26(29)14-13-24-25-19-22(18-23(25)20-27(24)30)12-7-5-8-15-28-16-9-6-10-17-28/h13-14,18,21,23-27,29-30H,5-12,15-17,19-20H2,1-2H3/t21-,23+,24-,25+,26-,27-/m1/s1. The van der Waals surface area contributed by atoms with Crippen molar-refractivity contribution in [3.8, 4) is 11.8 Å². The summed E-state index contributed by atoms with van der Waals surface area (Å²) < 4.78 is 0. The summed E-state index contributed by atoms with van der Waals surface area (Å²) >= 11 is 0. The van der Waals surface area contributed by atoms with E-state index < -0.39 is 6.10 Å². The molecule has 3 heteroatoms. The number of hydrogen-bond donors (Lipinski definition) is 2. The maximum absolute atomic E-state index is 10.6. The Kier molecular flexibility index (Phi) is 9.50. The van der Waals surface area contributed by atoms with Crippen molar-refractivity contribution in [2.45, 2.75) is 90.3 Å². The zero-order chi connectivity index (χ0) is 21.3. The fraction of sp³-hybridized carbons (Fsp3) is 0.778. The molecule has 2 fully saturated rings. The summed E-state index contributed by atoms with van der Waals surface area (Å²) in [6.45, 7) is 7.78. The molecule has 1 saturated heterocycles. The number of fused-ring (bicyclic) bond motifs is 1. The predicted molar refractivity (Wildman–Crippen MR) is 125 cm³/mol. The van der Waals surface area contributed by atoms with E-state index in [-0.39, 0.29) is 17.9 Å². The van der Waals surface area contributed by atoms with Crippen LogP contribution in [-0.2, 0) is 0 Å². The molecule has 1 saturated carbocycles. The molecule has 3 aliphatic rings. The van der Waals surface area contributed by atoms with Crippen molar-refractivity contribution in [3.63, 3.8) is 0 Å². The third-order valence-corrected chi connectivity index (χ3v) is 7.59. The molecule has 3 rings (SSSR count). The molecule has 3 nitrogen and oxygen atoms in total. The fourth-order valence-corrected chi connectivity index (χ4v) is 5.65. The monoisotopic (exact) mass is 413 g/mol. The summed E-state index contributed by atoms with van der Waals surface area (Å²) in [6, 6.07) is 0. The van der Waals surface area contributed by atoms with Crippen LogP contribution in [0.1, 0.15) is 78.1 Å². The molecule has 0 spiro atoms. The molecule has 168 valence electrons. The van der Waals surface area contributed by atoms with Gasteiger partial charge in [-0.05, 0) is 89.3 Å². The molecule has 2 N–H and O–H groups in total. The van der Waals surface area contributed by atoms with Gasteiger partial charge in [-0.3, -0.25) is 0 Å². The first-order chi connectivity index (χ1) is 14.6. The second kappa shape index (κ2) is 12.1. The van der Waals surface area contributed by atoms with E-state index in [1.165, 1.54) is 64.6 Å². The number of allylic oxidation sites excluding steroid dienone is 2. The van der Waals surface area contributed by atoms with Crippen LogP contribution in [0.3, 0.4) is 0 Å². The molecule has 30 heavy (non-hydrogen) atoms. The third kappa shape index (κ3) is 6.71. The highest BCUT2D eigenvalue weighted by Crippen LogP contribution is 2.48. The van der Waals surface area contributed by atoms with Crippen LogP contribution in [0.15, 0.2) is 23.8 Å². The lowest BCUT2D eigenvalue weighted by Crippen LogP contribution is -2.30. The van der Waals surface area contributed by atoms with E-state index in [1.807, 2.05) is 19.9 Å². The van der Waals surface area contributed by atoms with Crippen molar-refractivity contribution in [3.05, 3.63) is 23.8 Å². The number of aliphatic hydroxyl groups excluding tert-OH is 2. The van der Waals surface area contributed by atoms with Crippen molar-refractivity contribution in [2.75, 3.05) is 19.6 Å². The average molecular weight is 414 g/mol. The van der Waals surface area contributed by atoms with E-state index in [9.17, 15) is 10.2 Å². The molecule has 0 aromatic heterocycles. The zero-order valence-corrected chi connectivity index (χ0v) is 19.2. The zero-order valence-electron chi connectivity index (χ0n) is 19.2. The normalized spacial score (nSPS) is 31.3. The summed E-state index contributed by atoms with van der Waals surface area (Å²) in [5.41, 5.74) is 1.61. The van der Waals surface area contributed by atoms with Crippen LogP contribution in [0.4, 0.5) is 0 Å². The van der Waals surface area contributed by atoms with E-state index in [0.29, 0.717) is 18.3 Å². The van der Waals surface area contributed by atoms with Crippen LogP contribution in [-0.4, -0.2) is 47.0 Å². The minimum atomic E-state index is -0.481. The Balaban J connectivity index is 1.38. The number of rotatable bonds is 10. The summed E-state index contributed by atoms with van der Waals surface area (Å²) in [7, 11) is 0. The van der Waals surface area contributed by atoms with E-state index in [2.05, 4.69) is 28.9 Å². The van der Waals surface area contributed by atoms with Gasteiger partial charge in [-0.1, -0.05) is 43.6 Å². The van der Waals surface area contributed by atoms with E-state index in [4.69, 9.17) is 0 Å². The van der Waals surface area contributed by atoms with Gasteiger partial charge in [0.15, 0.2) is 0 Å². The smallest absolute Gasteiger partial charge is 0.0755 e. The average Bonchev–Trinajstić information content (AvgIpc) is 3.27. The molecule has 0 amide bonds. The Morgan fingerprint density at radius 3 is 2.77 bits per heavy atom. The van der Waals surface area contributed by atoms with Crippen molar-refractivity contribution in [2.24, 2.45) is 23.7 Å². The molecule has 2 aliphatic carbocycles. The fourth-order valence-electron chi connectivity index (χ4n) is 5.65. The second-order valence-electron chi connectivity index (χ2n) is 9.93. The predicted octanol–water partition coefficient (Wildman–Crippen LogP) is 4.94.